The molecule has 18 heavy (non-hydrogen) atoms. The molecule has 0 radical (unpaired) electrons. The summed E-state index contributed by atoms with van der Waals surface area (Å²) in [5.41, 5.74) is 1.38. The van der Waals surface area contributed by atoms with E-state index in [2.05, 4.69) is 26.8 Å². The van der Waals surface area contributed by atoms with Gasteiger partial charge in [0, 0.05) is 13.0 Å². The molecule has 0 spiro atoms. The summed E-state index contributed by atoms with van der Waals surface area (Å²) in [6.45, 7) is 9.87. The van der Waals surface area contributed by atoms with Gasteiger partial charge in [0.05, 0.1) is 6.61 Å². The van der Waals surface area contributed by atoms with E-state index in [9.17, 15) is 4.79 Å². The number of hydrogen-bond acceptors (Lipinski definition) is 2. The zero-order valence-corrected chi connectivity index (χ0v) is 12.2. The molecule has 1 rings (SSSR count). The molecule has 1 aliphatic heterocycles. The van der Waals surface area contributed by atoms with E-state index in [0.29, 0.717) is 18.9 Å². The van der Waals surface area contributed by atoms with Gasteiger partial charge in [-0.3, -0.25) is 4.79 Å². The molecule has 1 heterocycles. The van der Waals surface area contributed by atoms with E-state index in [1.165, 1.54) is 12.0 Å². The van der Waals surface area contributed by atoms with Crippen LogP contribution in [0.15, 0.2) is 11.6 Å². The quantitative estimate of drug-likeness (QED) is 0.679. The summed E-state index contributed by atoms with van der Waals surface area (Å²) in [4.78, 5) is 13.6. The monoisotopic (exact) mass is 253 g/mol. The van der Waals surface area contributed by atoms with Crippen LogP contribution < -0.4 is 0 Å². The van der Waals surface area contributed by atoms with Crippen LogP contribution in [0.2, 0.25) is 0 Å². The molecule has 1 aliphatic rings. The van der Waals surface area contributed by atoms with Crippen LogP contribution in [0.3, 0.4) is 0 Å². The molecule has 0 N–H and O–H groups in total. The predicted octanol–water partition coefficient (Wildman–Crippen LogP) is 3.35. The van der Waals surface area contributed by atoms with Gasteiger partial charge in [-0.05, 0) is 39.0 Å². The maximum absolute atomic E-state index is 11.7. The van der Waals surface area contributed by atoms with E-state index in [0.717, 1.165) is 19.4 Å². The highest BCUT2D eigenvalue weighted by molar-refractivity contribution is 5.76. The van der Waals surface area contributed by atoms with E-state index < -0.39 is 0 Å². The van der Waals surface area contributed by atoms with Crippen molar-refractivity contribution < 1.29 is 9.53 Å². The van der Waals surface area contributed by atoms with Gasteiger partial charge in [-0.1, -0.05) is 25.5 Å². The van der Waals surface area contributed by atoms with Gasteiger partial charge in [0.2, 0.25) is 5.91 Å². The number of carbonyl (C=O) groups excluding carboxylic acids is 1. The first-order valence-corrected chi connectivity index (χ1v) is 7.09. The van der Waals surface area contributed by atoms with Crippen LogP contribution in [0.25, 0.3) is 0 Å². The lowest BCUT2D eigenvalue weighted by molar-refractivity contribution is -0.136. The number of carbonyl (C=O) groups is 1. The second kappa shape index (κ2) is 7.57. The van der Waals surface area contributed by atoms with E-state index in [1.807, 2.05) is 11.8 Å². The third kappa shape index (κ3) is 4.81. The Morgan fingerprint density at radius 2 is 2.22 bits per heavy atom. The van der Waals surface area contributed by atoms with Gasteiger partial charge in [-0.15, -0.1) is 0 Å². The largest absolute Gasteiger partial charge is 0.356 e. The maximum atomic E-state index is 11.7. The van der Waals surface area contributed by atoms with Crippen molar-refractivity contribution in [2.45, 2.75) is 59.6 Å². The van der Waals surface area contributed by atoms with Crippen molar-refractivity contribution in [2.75, 3.05) is 13.2 Å². The van der Waals surface area contributed by atoms with E-state index in [1.54, 1.807) is 0 Å². The summed E-state index contributed by atoms with van der Waals surface area (Å²) in [6, 6.07) is 0. The first-order valence-electron chi connectivity index (χ1n) is 7.09. The van der Waals surface area contributed by atoms with Crippen molar-refractivity contribution >= 4 is 5.91 Å². The molecule has 3 nitrogen and oxygen atoms in total. The van der Waals surface area contributed by atoms with Crippen LogP contribution >= 0.6 is 0 Å². The molecular formula is C15H27NO2. The van der Waals surface area contributed by atoms with Gasteiger partial charge >= 0.3 is 0 Å². The van der Waals surface area contributed by atoms with E-state index in [4.69, 9.17) is 4.74 Å². The normalized spacial score (nSPS) is 20.9. The fourth-order valence-corrected chi connectivity index (χ4v) is 2.32. The molecule has 1 saturated heterocycles. The summed E-state index contributed by atoms with van der Waals surface area (Å²) in [6.07, 6.45) is 6.12. The minimum atomic E-state index is 0.0131. The second-order valence-electron chi connectivity index (χ2n) is 5.47. The van der Waals surface area contributed by atoms with Gasteiger partial charge in [-0.25, -0.2) is 0 Å². The van der Waals surface area contributed by atoms with Crippen molar-refractivity contribution in [3.63, 3.8) is 0 Å². The molecule has 0 bridgehead atoms. The van der Waals surface area contributed by atoms with Gasteiger partial charge in [0.15, 0.2) is 0 Å². The number of allylic oxidation sites excluding steroid dienone is 2. The van der Waals surface area contributed by atoms with Crippen LogP contribution in [-0.4, -0.2) is 30.2 Å². The SMILES string of the molecule is CCC(=O)N1CCOC1CC(C)CCC=C(C)C. The number of rotatable bonds is 6. The number of hydrogen-bond donors (Lipinski definition) is 0. The molecule has 0 aromatic carbocycles. The highest BCUT2D eigenvalue weighted by atomic mass is 16.5. The zero-order valence-electron chi connectivity index (χ0n) is 12.2. The molecule has 1 fully saturated rings. The Balaban J connectivity index is 2.36. The average Bonchev–Trinajstić information content (AvgIpc) is 2.75. The van der Waals surface area contributed by atoms with Crippen LogP contribution in [0.4, 0.5) is 0 Å². The molecule has 0 saturated carbocycles. The maximum Gasteiger partial charge on any atom is 0.224 e. The van der Waals surface area contributed by atoms with Gasteiger partial charge < -0.3 is 9.64 Å². The third-order valence-electron chi connectivity index (χ3n) is 3.43. The van der Waals surface area contributed by atoms with Gasteiger partial charge in [0.25, 0.3) is 0 Å². The lowest BCUT2D eigenvalue weighted by atomic mass is 9.99. The third-order valence-corrected chi connectivity index (χ3v) is 3.43. The fraction of sp³-hybridized carbons (Fsp3) is 0.800. The Kier molecular flexibility index (Phi) is 6.41. The Morgan fingerprint density at radius 1 is 1.50 bits per heavy atom. The first-order chi connectivity index (χ1) is 8.54. The predicted molar refractivity (Wildman–Crippen MR) is 74.2 cm³/mol. The highest BCUT2D eigenvalue weighted by Gasteiger charge is 2.29. The van der Waals surface area contributed by atoms with Crippen LogP contribution in [0.1, 0.15) is 53.4 Å². The molecule has 3 heteroatoms. The number of amides is 1. The summed E-state index contributed by atoms with van der Waals surface area (Å²) >= 11 is 0. The van der Waals surface area contributed by atoms with Crippen LogP contribution in [0, 0.1) is 5.92 Å². The van der Waals surface area contributed by atoms with E-state index in [-0.39, 0.29) is 12.1 Å². The molecule has 2 atom stereocenters. The summed E-state index contributed by atoms with van der Waals surface area (Å²) in [5, 5.41) is 0. The highest BCUT2D eigenvalue weighted by Crippen LogP contribution is 2.22. The van der Waals surface area contributed by atoms with Crippen molar-refractivity contribution in [3.05, 3.63) is 11.6 Å². The van der Waals surface area contributed by atoms with Crippen molar-refractivity contribution in [1.82, 2.24) is 4.90 Å². The number of nitrogens with zero attached hydrogens (tertiary/aromatic N) is 1. The summed E-state index contributed by atoms with van der Waals surface area (Å²) in [7, 11) is 0. The lowest BCUT2D eigenvalue weighted by Crippen LogP contribution is -2.36. The Morgan fingerprint density at radius 3 is 2.83 bits per heavy atom. The first kappa shape index (κ1) is 15.2. The van der Waals surface area contributed by atoms with Crippen molar-refractivity contribution in [1.29, 1.82) is 0 Å². The molecule has 0 aromatic heterocycles. The van der Waals surface area contributed by atoms with Gasteiger partial charge in [-0.2, -0.15) is 0 Å². The Labute approximate surface area is 111 Å². The molecule has 0 aromatic rings. The average molecular weight is 253 g/mol. The fourth-order valence-electron chi connectivity index (χ4n) is 2.32. The van der Waals surface area contributed by atoms with E-state index >= 15 is 0 Å². The summed E-state index contributed by atoms with van der Waals surface area (Å²) in [5.74, 6) is 0.810. The van der Waals surface area contributed by atoms with Crippen LogP contribution in [0.5, 0.6) is 0 Å². The lowest BCUT2D eigenvalue weighted by Gasteiger charge is -2.25. The number of ether oxygens (including phenoxy) is 1. The Bertz CT molecular complexity index is 295. The smallest absolute Gasteiger partial charge is 0.224 e. The molecule has 1 amide bonds. The van der Waals surface area contributed by atoms with Gasteiger partial charge in [0.1, 0.15) is 6.23 Å². The second-order valence-corrected chi connectivity index (χ2v) is 5.47. The minimum absolute atomic E-state index is 0.0131. The Hall–Kier alpha value is -0.830. The van der Waals surface area contributed by atoms with Crippen molar-refractivity contribution in [2.24, 2.45) is 5.92 Å². The van der Waals surface area contributed by atoms with Crippen LogP contribution in [-0.2, 0) is 9.53 Å². The minimum Gasteiger partial charge on any atom is -0.356 e. The molecule has 0 aliphatic carbocycles. The zero-order chi connectivity index (χ0) is 13.5. The topological polar surface area (TPSA) is 29.5 Å². The van der Waals surface area contributed by atoms with Crippen molar-refractivity contribution in [3.8, 4) is 0 Å². The molecule has 2 unspecified atom stereocenters. The standard InChI is InChI=1S/C15H27NO2/c1-5-14(17)16-9-10-18-15(16)11-13(4)8-6-7-12(2)3/h7,13,15H,5-6,8-11H2,1-4H3. The molecular weight excluding hydrogens is 226 g/mol. The molecule has 104 valence electrons. The summed E-state index contributed by atoms with van der Waals surface area (Å²) < 4.78 is 5.68.